The summed E-state index contributed by atoms with van der Waals surface area (Å²) < 4.78 is 0. The van der Waals surface area contributed by atoms with Gasteiger partial charge in [0.1, 0.15) is 0 Å². The van der Waals surface area contributed by atoms with Gasteiger partial charge in [0.15, 0.2) is 5.78 Å². The number of piperidine rings is 1. The molecule has 1 heterocycles. The van der Waals surface area contributed by atoms with Crippen molar-refractivity contribution < 1.29 is 4.79 Å². The maximum Gasteiger partial charge on any atom is 0.164 e. The van der Waals surface area contributed by atoms with Crippen LogP contribution in [0.5, 0.6) is 0 Å². The molecule has 2 nitrogen and oxygen atoms in total. The van der Waals surface area contributed by atoms with E-state index in [-0.39, 0.29) is 18.2 Å². The van der Waals surface area contributed by atoms with Gasteiger partial charge < -0.3 is 4.90 Å². The van der Waals surface area contributed by atoms with Crippen LogP contribution in [0.3, 0.4) is 0 Å². The van der Waals surface area contributed by atoms with Crippen molar-refractivity contribution in [2.45, 2.75) is 25.7 Å². The average molecular weight is 304 g/mol. The van der Waals surface area contributed by atoms with Gasteiger partial charge in [-0.2, -0.15) is 0 Å². The molecule has 0 spiro atoms. The number of fused-ring (bicyclic) bond motifs is 1. The molecule has 0 N–H and O–H groups in total. The average Bonchev–Trinajstić information content (AvgIpc) is 2.53. The van der Waals surface area contributed by atoms with E-state index in [9.17, 15) is 4.79 Å². The van der Waals surface area contributed by atoms with Crippen LogP contribution in [0.1, 0.15) is 36.0 Å². The van der Waals surface area contributed by atoms with E-state index in [0.29, 0.717) is 6.42 Å². The van der Waals surface area contributed by atoms with E-state index in [2.05, 4.69) is 17.0 Å². The Morgan fingerprint density at radius 3 is 2.43 bits per heavy atom. The third-order valence-corrected chi connectivity index (χ3v) is 4.18. The second-order valence-corrected chi connectivity index (χ2v) is 5.64. The monoisotopic (exact) mass is 303 g/mol. The van der Waals surface area contributed by atoms with Crippen molar-refractivity contribution in [2.75, 3.05) is 19.6 Å². The van der Waals surface area contributed by atoms with Crippen molar-refractivity contribution in [3.63, 3.8) is 0 Å². The van der Waals surface area contributed by atoms with Gasteiger partial charge in [0, 0.05) is 18.5 Å². The third kappa shape index (κ3) is 4.05. The predicted octanol–water partition coefficient (Wildman–Crippen LogP) is 4.32. The first-order valence-electron chi connectivity index (χ1n) is 7.57. The highest BCUT2D eigenvalue weighted by atomic mass is 35.5. The van der Waals surface area contributed by atoms with Gasteiger partial charge in [-0.1, -0.05) is 42.8 Å². The van der Waals surface area contributed by atoms with Crippen molar-refractivity contribution in [2.24, 2.45) is 0 Å². The third-order valence-electron chi connectivity index (χ3n) is 4.18. The summed E-state index contributed by atoms with van der Waals surface area (Å²) in [5.74, 6) is 0.265. The van der Waals surface area contributed by atoms with Crippen LogP contribution in [0.15, 0.2) is 42.5 Å². The number of carbonyl (C=O) groups is 1. The van der Waals surface area contributed by atoms with Crippen molar-refractivity contribution in [3.05, 3.63) is 48.0 Å². The standard InChI is InChI=1S/C18H21NO.ClH/c20-18(10-13-19-11-4-1-5-12-19)17-9-8-15-6-2-3-7-16(15)14-17;/h2-3,6-9,14H,1,4-5,10-13H2;1H. The Morgan fingerprint density at radius 1 is 0.952 bits per heavy atom. The predicted molar refractivity (Wildman–Crippen MR) is 90.4 cm³/mol. The molecule has 0 radical (unpaired) electrons. The number of hydrogen-bond donors (Lipinski definition) is 0. The van der Waals surface area contributed by atoms with Crippen LogP contribution in [0, 0.1) is 0 Å². The number of nitrogens with zero attached hydrogens (tertiary/aromatic N) is 1. The van der Waals surface area contributed by atoms with Gasteiger partial charge in [0.05, 0.1) is 0 Å². The number of Topliss-reactive ketones (excluding diaryl/α,β-unsaturated/α-hetero) is 1. The molecule has 21 heavy (non-hydrogen) atoms. The number of hydrogen-bond acceptors (Lipinski definition) is 2. The Morgan fingerprint density at radius 2 is 1.67 bits per heavy atom. The summed E-state index contributed by atoms with van der Waals surface area (Å²) >= 11 is 0. The zero-order chi connectivity index (χ0) is 13.8. The maximum absolute atomic E-state index is 12.3. The summed E-state index contributed by atoms with van der Waals surface area (Å²) in [5.41, 5.74) is 0.848. The smallest absolute Gasteiger partial charge is 0.164 e. The summed E-state index contributed by atoms with van der Waals surface area (Å²) in [5, 5.41) is 2.34. The number of carbonyl (C=O) groups excluding carboxylic acids is 1. The molecular weight excluding hydrogens is 282 g/mol. The van der Waals surface area contributed by atoms with Crippen LogP contribution in [-0.2, 0) is 0 Å². The van der Waals surface area contributed by atoms with Crippen molar-refractivity contribution in [1.82, 2.24) is 4.90 Å². The molecule has 2 aromatic carbocycles. The fraction of sp³-hybridized carbons (Fsp3) is 0.389. The van der Waals surface area contributed by atoms with Crippen LogP contribution in [0.25, 0.3) is 10.8 Å². The van der Waals surface area contributed by atoms with E-state index < -0.39 is 0 Å². The summed E-state index contributed by atoms with van der Waals surface area (Å²) in [6, 6.07) is 14.2. The van der Waals surface area contributed by atoms with Crippen molar-refractivity contribution in [1.29, 1.82) is 0 Å². The van der Waals surface area contributed by atoms with Gasteiger partial charge in [0.25, 0.3) is 0 Å². The van der Waals surface area contributed by atoms with Crippen molar-refractivity contribution in [3.8, 4) is 0 Å². The Bertz CT molecular complexity index is 605. The zero-order valence-corrected chi connectivity index (χ0v) is 13.1. The zero-order valence-electron chi connectivity index (χ0n) is 12.3. The Kier molecular flexibility index (Phi) is 5.77. The summed E-state index contributed by atoms with van der Waals surface area (Å²) in [4.78, 5) is 14.7. The molecule has 0 aliphatic carbocycles. The largest absolute Gasteiger partial charge is 0.303 e. The lowest BCUT2D eigenvalue weighted by Gasteiger charge is -2.25. The van der Waals surface area contributed by atoms with Gasteiger partial charge in [-0.05, 0) is 42.8 Å². The van der Waals surface area contributed by atoms with E-state index in [1.807, 2.05) is 30.3 Å². The van der Waals surface area contributed by atoms with Crippen LogP contribution < -0.4 is 0 Å². The lowest BCUT2D eigenvalue weighted by molar-refractivity contribution is 0.0959. The molecule has 0 saturated carbocycles. The van der Waals surface area contributed by atoms with E-state index >= 15 is 0 Å². The number of rotatable bonds is 4. The minimum atomic E-state index is 0. The minimum Gasteiger partial charge on any atom is -0.303 e. The summed E-state index contributed by atoms with van der Waals surface area (Å²) in [6.45, 7) is 3.22. The van der Waals surface area contributed by atoms with Gasteiger partial charge in [0.2, 0.25) is 0 Å². The lowest BCUT2D eigenvalue weighted by atomic mass is 10.0. The van der Waals surface area contributed by atoms with E-state index in [1.54, 1.807) is 0 Å². The number of benzene rings is 2. The molecule has 0 atom stereocenters. The summed E-state index contributed by atoms with van der Waals surface area (Å²) in [7, 11) is 0. The maximum atomic E-state index is 12.3. The quantitative estimate of drug-likeness (QED) is 0.784. The molecule has 112 valence electrons. The second-order valence-electron chi connectivity index (χ2n) is 5.64. The van der Waals surface area contributed by atoms with Crippen LogP contribution >= 0.6 is 12.4 Å². The summed E-state index contributed by atoms with van der Waals surface area (Å²) in [6.07, 6.45) is 4.54. The van der Waals surface area contributed by atoms with E-state index in [4.69, 9.17) is 0 Å². The first kappa shape index (κ1) is 16.0. The molecule has 0 bridgehead atoms. The molecule has 0 aromatic heterocycles. The van der Waals surface area contributed by atoms with Crippen LogP contribution in [-0.4, -0.2) is 30.3 Å². The van der Waals surface area contributed by atoms with Gasteiger partial charge >= 0.3 is 0 Å². The molecule has 0 amide bonds. The molecule has 3 heteroatoms. The topological polar surface area (TPSA) is 20.3 Å². The Hall–Kier alpha value is -1.38. The van der Waals surface area contributed by atoms with E-state index in [0.717, 1.165) is 30.6 Å². The first-order valence-corrected chi connectivity index (χ1v) is 7.57. The van der Waals surface area contributed by atoms with Crippen LogP contribution in [0.4, 0.5) is 0 Å². The Labute approximate surface area is 132 Å². The molecule has 1 fully saturated rings. The molecule has 1 aliphatic rings. The fourth-order valence-electron chi connectivity index (χ4n) is 2.95. The minimum absolute atomic E-state index is 0. The van der Waals surface area contributed by atoms with Crippen LogP contribution in [0.2, 0.25) is 0 Å². The highest BCUT2D eigenvalue weighted by Crippen LogP contribution is 2.17. The molecule has 2 aromatic rings. The van der Waals surface area contributed by atoms with Gasteiger partial charge in [-0.3, -0.25) is 4.79 Å². The van der Waals surface area contributed by atoms with Gasteiger partial charge in [-0.15, -0.1) is 12.4 Å². The van der Waals surface area contributed by atoms with E-state index in [1.165, 1.54) is 24.6 Å². The molecule has 3 rings (SSSR count). The Balaban J connectivity index is 0.00000161. The fourth-order valence-corrected chi connectivity index (χ4v) is 2.95. The van der Waals surface area contributed by atoms with Gasteiger partial charge in [-0.25, -0.2) is 0 Å². The number of likely N-dealkylation sites (tertiary alicyclic amines) is 1. The highest BCUT2D eigenvalue weighted by molar-refractivity contribution is 6.00. The molecule has 1 aliphatic heterocycles. The number of halogens is 1. The SMILES string of the molecule is Cl.O=C(CCN1CCCCC1)c1ccc2ccccc2c1. The normalized spacial score (nSPS) is 15.6. The molecule has 1 saturated heterocycles. The molecule has 0 unspecified atom stereocenters. The number of ketones is 1. The second kappa shape index (κ2) is 7.58. The first-order chi connectivity index (χ1) is 9.83. The molecular formula is C18H22ClNO. The lowest BCUT2D eigenvalue weighted by Crippen LogP contribution is -2.31. The highest BCUT2D eigenvalue weighted by Gasteiger charge is 2.12. The van der Waals surface area contributed by atoms with Crippen molar-refractivity contribution >= 4 is 29.0 Å².